The van der Waals surface area contributed by atoms with Crippen molar-refractivity contribution < 1.29 is 23.5 Å². The number of nitrogens with two attached hydrogens (primary N) is 2. The summed E-state index contributed by atoms with van der Waals surface area (Å²) >= 11 is 0. The number of amides is 2. The maximum absolute atomic E-state index is 14.4. The van der Waals surface area contributed by atoms with E-state index < -0.39 is 18.1 Å². The van der Waals surface area contributed by atoms with Crippen LogP contribution in [0.15, 0.2) is 48.5 Å². The van der Waals surface area contributed by atoms with E-state index >= 15 is 0 Å². The first-order valence-electron chi connectivity index (χ1n) is 10.8. The first kappa shape index (κ1) is 23.2. The van der Waals surface area contributed by atoms with Crippen LogP contribution in [0.4, 0.5) is 10.2 Å². The number of para-hydroxylation sites is 1. The van der Waals surface area contributed by atoms with Crippen LogP contribution in [-0.2, 0) is 11.3 Å². The molecule has 0 radical (unpaired) electrons. The minimum atomic E-state index is -1.29. The van der Waals surface area contributed by atoms with E-state index in [1.807, 2.05) is 0 Å². The summed E-state index contributed by atoms with van der Waals surface area (Å²) < 4.78 is 26.1. The van der Waals surface area contributed by atoms with Gasteiger partial charge >= 0.3 is 0 Å². The van der Waals surface area contributed by atoms with Gasteiger partial charge in [0.05, 0.1) is 25.3 Å². The molecule has 2 heterocycles. The first-order chi connectivity index (χ1) is 16.4. The highest BCUT2D eigenvalue weighted by Gasteiger charge is 2.32. The van der Waals surface area contributed by atoms with Crippen LogP contribution >= 0.6 is 0 Å². The zero-order chi connectivity index (χ0) is 24.2. The van der Waals surface area contributed by atoms with Gasteiger partial charge in [-0.05, 0) is 24.1 Å². The Labute approximate surface area is 195 Å². The number of aromatic nitrogens is 2. The Morgan fingerprint density at radius 1 is 1.24 bits per heavy atom. The number of anilines is 1. The predicted molar refractivity (Wildman–Crippen MR) is 124 cm³/mol. The zero-order valence-corrected chi connectivity index (χ0v) is 18.7. The molecule has 0 unspecified atom stereocenters. The summed E-state index contributed by atoms with van der Waals surface area (Å²) in [7, 11) is 1.51. The molecule has 9 nitrogen and oxygen atoms in total. The number of nitrogens with one attached hydrogen (secondary N) is 1. The molecule has 0 saturated carbocycles. The second kappa shape index (κ2) is 9.92. The van der Waals surface area contributed by atoms with Gasteiger partial charge in [0.15, 0.2) is 0 Å². The molecule has 2 aromatic carbocycles. The van der Waals surface area contributed by atoms with Gasteiger partial charge in [-0.2, -0.15) is 5.10 Å². The van der Waals surface area contributed by atoms with Crippen molar-refractivity contribution in [2.24, 2.45) is 5.73 Å². The lowest BCUT2D eigenvalue weighted by molar-refractivity contribution is 0.000592. The van der Waals surface area contributed by atoms with Crippen molar-refractivity contribution in [3.63, 3.8) is 0 Å². The molecule has 0 bridgehead atoms. The van der Waals surface area contributed by atoms with Crippen LogP contribution in [0, 0.1) is 0 Å². The summed E-state index contributed by atoms with van der Waals surface area (Å²) in [6.45, 7) is 0.601. The normalized spacial score (nSPS) is 17.8. The minimum Gasteiger partial charge on any atom is -0.496 e. The smallest absolute Gasteiger partial charge is 0.255 e. The SMILES string of the molecule is COc1ccccc1C(=O)NCc1ccc(-c2nn([C@@H]3CCOC[C@@H]3F)c(N)c2C(N)=O)cc1. The van der Waals surface area contributed by atoms with E-state index in [0.29, 0.717) is 29.9 Å². The van der Waals surface area contributed by atoms with Crippen molar-refractivity contribution >= 4 is 17.6 Å². The molecule has 1 aromatic heterocycles. The number of alkyl halides is 1. The number of carbonyl (C=O) groups excluding carboxylic acids is 2. The molecule has 1 aliphatic heterocycles. The van der Waals surface area contributed by atoms with Gasteiger partial charge in [0.25, 0.3) is 11.8 Å². The lowest BCUT2D eigenvalue weighted by Crippen LogP contribution is -2.32. The van der Waals surface area contributed by atoms with Crippen molar-refractivity contribution in [2.75, 3.05) is 26.1 Å². The topological polar surface area (TPSA) is 134 Å². The van der Waals surface area contributed by atoms with Gasteiger partial charge < -0.3 is 26.3 Å². The average Bonchev–Trinajstić information content (AvgIpc) is 3.20. The fourth-order valence-corrected chi connectivity index (χ4v) is 4.00. The van der Waals surface area contributed by atoms with Gasteiger partial charge in [-0.25, -0.2) is 9.07 Å². The fraction of sp³-hybridized carbons (Fsp3) is 0.292. The van der Waals surface area contributed by atoms with E-state index in [1.54, 1.807) is 48.5 Å². The lowest BCUT2D eigenvalue weighted by atomic mass is 10.0. The van der Waals surface area contributed by atoms with E-state index in [1.165, 1.54) is 11.8 Å². The molecular formula is C24H26FN5O4. The molecule has 178 valence electrons. The quantitative estimate of drug-likeness (QED) is 0.489. The number of hydrogen-bond acceptors (Lipinski definition) is 6. The Hall–Kier alpha value is -3.92. The number of nitrogen functional groups attached to an aromatic ring is 1. The largest absolute Gasteiger partial charge is 0.496 e. The number of ether oxygens (including phenoxy) is 2. The summed E-state index contributed by atoms with van der Waals surface area (Å²) in [5.41, 5.74) is 13.9. The minimum absolute atomic E-state index is 0.0326. The van der Waals surface area contributed by atoms with Crippen LogP contribution in [0.25, 0.3) is 11.3 Å². The Morgan fingerprint density at radius 2 is 1.97 bits per heavy atom. The second-order valence-electron chi connectivity index (χ2n) is 7.94. The predicted octanol–water partition coefficient (Wildman–Crippen LogP) is 2.47. The summed E-state index contributed by atoms with van der Waals surface area (Å²) in [5, 5.41) is 7.30. The highest BCUT2D eigenvalue weighted by atomic mass is 19.1. The number of primary amides is 1. The Balaban J connectivity index is 1.54. The number of benzene rings is 2. The van der Waals surface area contributed by atoms with Crippen molar-refractivity contribution in [1.82, 2.24) is 15.1 Å². The molecule has 2 amide bonds. The van der Waals surface area contributed by atoms with Gasteiger partial charge in [0.1, 0.15) is 29.0 Å². The van der Waals surface area contributed by atoms with E-state index in [-0.39, 0.29) is 36.1 Å². The maximum Gasteiger partial charge on any atom is 0.255 e. The first-order valence-corrected chi connectivity index (χ1v) is 10.8. The van der Waals surface area contributed by atoms with Gasteiger partial charge in [-0.1, -0.05) is 36.4 Å². The van der Waals surface area contributed by atoms with Gasteiger partial charge in [0.2, 0.25) is 0 Å². The van der Waals surface area contributed by atoms with Crippen molar-refractivity contribution in [2.45, 2.75) is 25.2 Å². The molecule has 0 spiro atoms. The van der Waals surface area contributed by atoms with Crippen molar-refractivity contribution in [1.29, 1.82) is 0 Å². The molecular weight excluding hydrogens is 441 g/mol. The highest BCUT2D eigenvalue weighted by Crippen LogP contribution is 2.33. The molecule has 10 heteroatoms. The van der Waals surface area contributed by atoms with E-state index in [2.05, 4.69) is 10.4 Å². The molecule has 4 rings (SSSR count). The van der Waals surface area contributed by atoms with Crippen molar-refractivity contribution in [3.05, 3.63) is 65.2 Å². The number of methoxy groups -OCH3 is 1. The maximum atomic E-state index is 14.4. The standard InChI is InChI=1S/C24H26FN5O4/c1-33-19-5-3-2-4-16(19)24(32)28-12-14-6-8-15(9-7-14)21-20(23(27)31)22(26)30(29-21)18-10-11-34-13-17(18)25/h2-9,17-18H,10-13,26H2,1H3,(H2,27,31)(H,28,32)/t17-,18+/m0/s1. The Kier molecular flexibility index (Phi) is 6.78. The monoisotopic (exact) mass is 467 g/mol. The molecule has 0 aliphatic carbocycles. The molecule has 1 saturated heterocycles. The number of carbonyl (C=O) groups is 2. The summed E-state index contributed by atoms with van der Waals surface area (Å²) in [6.07, 6.45) is -0.908. The van der Waals surface area contributed by atoms with Gasteiger partial charge in [-0.3, -0.25) is 9.59 Å². The van der Waals surface area contributed by atoms with Gasteiger partial charge in [0, 0.05) is 18.7 Å². The number of hydrogen-bond donors (Lipinski definition) is 3. The molecule has 5 N–H and O–H groups in total. The summed E-state index contributed by atoms with van der Waals surface area (Å²) in [4.78, 5) is 24.7. The van der Waals surface area contributed by atoms with Crippen LogP contribution in [0.2, 0.25) is 0 Å². The highest BCUT2D eigenvalue weighted by molar-refractivity contribution is 6.03. The number of nitrogens with zero attached hydrogens (tertiary/aromatic N) is 2. The van der Waals surface area contributed by atoms with Crippen molar-refractivity contribution in [3.8, 4) is 17.0 Å². The third-order valence-electron chi connectivity index (χ3n) is 5.79. The summed E-state index contributed by atoms with van der Waals surface area (Å²) in [5.74, 6) is -0.483. The van der Waals surface area contributed by atoms with Gasteiger partial charge in [-0.15, -0.1) is 0 Å². The zero-order valence-electron chi connectivity index (χ0n) is 18.7. The summed E-state index contributed by atoms with van der Waals surface area (Å²) in [6, 6.07) is 13.4. The van der Waals surface area contributed by atoms with E-state index in [9.17, 15) is 14.0 Å². The Bertz CT molecular complexity index is 1190. The fourth-order valence-electron chi connectivity index (χ4n) is 4.00. The second-order valence-corrected chi connectivity index (χ2v) is 7.94. The Morgan fingerprint density at radius 3 is 2.65 bits per heavy atom. The van der Waals surface area contributed by atoms with Crippen LogP contribution in [-0.4, -0.2) is 48.1 Å². The van der Waals surface area contributed by atoms with Crippen LogP contribution in [0.5, 0.6) is 5.75 Å². The molecule has 1 fully saturated rings. The van der Waals surface area contributed by atoms with Crippen LogP contribution in [0.3, 0.4) is 0 Å². The molecule has 1 aliphatic rings. The average molecular weight is 468 g/mol. The van der Waals surface area contributed by atoms with E-state index in [0.717, 1.165) is 5.56 Å². The third-order valence-corrected chi connectivity index (χ3v) is 5.79. The number of rotatable bonds is 7. The van der Waals surface area contributed by atoms with Crippen LogP contribution < -0.4 is 21.5 Å². The molecule has 2 atom stereocenters. The number of halogens is 1. The molecule has 3 aromatic rings. The van der Waals surface area contributed by atoms with E-state index in [4.69, 9.17) is 20.9 Å². The molecule has 34 heavy (non-hydrogen) atoms. The third kappa shape index (κ3) is 4.58. The lowest BCUT2D eigenvalue weighted by Gasteiger charge is -2.27. The van der Waals surface area contributed by atoms with Crippen LogP contribution in [0.1, 0.15) is 38.7 Å².